The Labute approximate surface area is 84.0 Å². The number of hydrogen-bond donors (Lipinski definition) is 0. The highest BCUT2D eigenvalue weighted by Gasteiger charge is 2.12. The highest BCUT2D eigenvalue weighted by atomic mass is 79.9. The van der Waals surface area contributed by atoms with Crippen LogP contribution in [0, 0.1) is 5.13 Å². The van der Waals surface area contributed by atoms with Gasteiger partial charge in [-0.2, -0.15) is 4.39 Å². The summed E-state index contributed by atoms with van der Waals surface area (Å²) in [5, 5.41) is -0.214. The first-order chi connectivity index (χ1) is 5.72. The number of carbonyl (C=O) groups excluding carboxylic acids is 1. The lowest BCUT2D eigenvalue weighted by atomic mass is 10.5. The highest BCUT2D eigenvalue weighted by Crippen LogP contribution is 2.39. The average Bonchev–Trinajstić information content (AvgIpc) is 2.51. The number of carbonyl (C=O) groups is 1. The van der Waals surface area contributed by atoms with Gasteiger partial charge >= 0.3 is 0 Å². The molecule has 2 aromatic heterocycles. The molecule has 2 aromatic rings. The van der Waals surface area contributed by atoms with Crippen LogP contribution in [0.15, 0.2) is 10.5 Å². The summed E-state index contributed by atoms with van der Waals surface area (Å²) in [6, 6.07) is 1.45. The Morgan fingerprint density at radius 2 is 2.25 bits per heavy atom. The molecule has 0 unspecified atom stereocenters. The smallest absolute Gasteiger partial charge is 0.178 e. The standard InChI is InChI=1S/C7H2BrFOS2/c8-6-4(2-10)11-3-1-5(9)12-7(3)6/h1-2H. The zero-order valence-corrected chi connectivity index (χ0v) is 8.85. The first-order valence-electron chi connectivity index (χ1n) is 3.05. The quantitative estimate of drug-likeness (QED) is 0.719. The van der Waals surface area contributed by atoms with Crippen LogP contribution in [-0.4, -0.2) is 6.29 Å². The third-order valence-corrected chi connectivity index (χ3v) is 4.89. The molecular formula is C7H2BrFOS2. The molecule has 0 radical (unpaired) electrons. The normalized spacial score (nSPS) is 10.8. The minimum atomic E-state index is -0.214. The summed E-state index contributed by atoms with van der Waals surface area (Å²) in [4.78, 5) is 11.1. The maximum atomic E-state index is 12.7. The second kappa shape index (κ2) is 2.90. The van der Waals surface area contributed by atoms with Crippen LogP contribution < -0.4 is 0 Å². The monoisotopic (exact) mass is 264 g/mol. The van der Waals surface area contributed by atoms with Gasteiger partial charge in [-0.3, -0.25) is 4.79 Å². The van der Waals surface area contributed by atoms with Crippen molar-refractivity contribution in [3.8, 4) is 0 Å². The average molecular weight is 265 g/mol. The zero-order chi connectivity index (χ0) is 8.72. The van der Waals surface area contributed by atoms with Gasteiger partial charge in [0, 0.05) is 6.07 Å². The molecule has 2 rings (SSSR count). The second-order valence-corrected chi connectivity index (χ2v) is 5.02. The number of rotatable bonds is 1. The van der Waals surface area contributed by atoms with E-state index in [0.29, 0.717) is 9.35 Å². The SMILES string of the molecule is O=Cc1sc2cc(F)sc2c1Br. The molecule has 0 aromatic carbocycles. The van der Waals surface area contributed by atoms with E-state index in [4.69, 9.17) is 0 Å². The Kier molecular flexibility index (Phi) is 2.02. The first-order valence-corrected chi connectivity index (χ1v) is 5.47. The molecule has 0 amide bonds. The lowest BCUT2D eigenvalue weighted by molar-refractivity contribution is 0.112. The minimum Gasteiger partial charge on any atom is -0.297 e. The molecule has 0 fully saturated rings. The number of aldehydes is 1. The van der Waals surface area contributed by atoms with E-state index in [0.717, 1.165) is 27.0 Å². The molecule has 5 heteroatoms. The molecule has 0 aliphatic heterocycles. The summed E-state index contributed by atoms with van der Waals surface area (Å²) in [6.07, 6.45) is 0.777. The maximum absolute atomic E-state index is 12.7. The van der Waals surface area contributed by atoms with Crippen LogP contribution in [0.5, 0.6) is 0 Å². The summed E-state index contributed by atoms with van der Waals surface area (Å²) in [6.45, 7) is 0. The van der Waals surface area contributed by atoms with Gasteiger partial charge in [0.2, 0.25) is 0 Å². The molecule has 62 valence electrons. The molecule has 0 N–H and O–H groups in total. The van der Waals surface area contributed by atoms with Gasteiger partial charge in [0.25, 0.3) is 0 Å². The number of halogens is 2. The Bertz CT molecular complexity index is 445. The van der Waals surface area contributed by atoms with E-state index in [-0.39, 0.29) is 5.13 Å². The van der Waals surface area contributed by atoms with Crippen LogP contribution in [0.4, 0.5) is 4.39 Å². The van der Waals surface area contributed by atoms with Gasteiger partial charge in [-0.25, -0.2) is 0 Å². The van der Waals surface area contributed by atoms with Gasteiger partial charge in [0.1, 0.15) is 0 Å². The Morgan fingerprint density at radius 3 is 2.83 bits per heavy atom. The summed E-state index contributed by atoms with van der Waals surface area (Å²) in [5.74, 6) is 0. The summed E-state index contributed by atoms with van der Waals surface area (Å²) >= 11 is 5.60. The van der Waals surface area contributed by atoms with Gasteiger partial charge in [-0.05, 0) is 15.9 Å². The van der Waals surface area contributed by atoms with Crippen LogP contribution in [0.3, 0.4) is 0 Å². The number of fused-ring (bicyclic) bond motifs is 1. The molecule has 0 aliphatic rings. The van der Waals surface area contributed by atoms with Gasteiger partial charge in [0.05, 0.1) is 18.7 Å². The molecule has 0 spiro atoms. The lowest BCUT2D eigenvalue weighted by Gasteiger charge is -1.81. The molecule has 0 aliphatic carbocycles. The third-order valence-electron chi connectivity index (χ3n) is 1.41. The molecule has 0 bridgehead atoms. The van der Waals surface area contributed by atoms with Crippen LogP contribution in [0.2, 0.25) is 0 Å². The van der Waals surface area contributed by atoms with Crippen LogP contribution >= 0.6 is 38.6 Å². The van der Waals surface area contributed by atoms with Crippen molar-refractivity contribution in [3.63, 3.8) is 0 Å². The molecule has 2 heterocycles. The molecule has 0 atom stereocenters. The molecule has 0 saturated carbocycles. The van der Waals surface area contributed by atoms with Crippen LogP contribution in [0.25, 0.3) is 9.40 Å². The largest absolute Gasteiger partial charge is 0.297 e. The van der Waals surface area contributed by atoms with E-state index in [1.165, 1.54) is 17.4 Å². The number of hydrogen-bond acceptors (Lipinski definition) is 3. The minimum absolute atomic E-state index is 0.214. The Balaban J connectivity index is 2.82. The van der Waals surface area contributed by atoms with Crippen molar-refractivity contribution in [2.24, 2.45) is 0 Å². The summed E-state index contributed by atoms with van der Waals surface area (Å²) in [5.41, 5.74) is 0. The molecular weight excluding hydrogens is 263 g/mol. The van der Waals surface area contributed by atoms with Crippen molar-refractivity contribution in [2.45, 2.75) is 0 Å². The fraction of sp³-hybridized carbons (Fsp3) is 0. The highest BCUT2D eigenvalue weighted by molar-refractivity contribution is 9.10. The van der Waals surface area contributed by atoms with E-state index in [9.17, 15) is 9.18 Å². The topological polar surface area (TPSA) is 17.1 Å². The first kappa shape index (κ1) is 8.34. The number of thiophene rings is 2. The lowest BCUT2D eigenvalue weighted by Crippen LogP contribution is -1.68. The van der Waals surface area contributed by atoms with Gasteiger partial charge < -0.3 is 0 Å². The Morgan fingerprint density at radius 1 is 1.50 bits per heavy atom. The van der Waals surface area contributed by atoms with Gasteiger partial charge in [-0.15, -0.1) is 22.7 Å². The molecule has 12 heavy (non-hydrogen) atoms. The Hall–Kier alpha value is -0.260. The van der Waals surface area contributed by atoms with Crippen molar-refractivity contribution < 1.29 is 9.18 Å². The molecule has 0 saturated heterocycles. The van der Waals surface area contributed by atoms with Crippen LogP contribution in [-0.2, 0) is 0 Å². The fourth-order valence-electron chi connectivity index (χ4n) is 0.926. The maximum Gasteiger partial charge on any atom is 0.178 e. The van der Waals surface area contributed by atoms with E-state index in [1.807, 2.05) is 0 Å². The van der Waals surface area contributed by atoms with Crippen molar-refractivity contribution >= 4 is 54.3 Å². The fourth-order valence-corrected chi connectivity index (χ4v) is 3.80. The van der Waals surface area contributed by atoms with Crippen molar-refractivity contribution in [2.75, 3.05) is 0 Å². The van der Waals surface area contributed by atoms with Crippen LogP contribution in [0.1, 0.15) is 9.67 Å². The van der Waals surface area contributed by atoms with Gasteiger partial charge in [-0.1, -0.05) is 0 Å². The van der Waals surface area contributed by atoms with E-state index in [1.54, 1.807) is 0 Å². The van der Waals surface area contributed by atoms with Crippen molar-refractivity contribution in [3.05, 3.63) is 20.5 Å². The summed E-state index contributed by atoms with van der Waals surface area (Å²) < 4.78 is 15.0. The van der Waals surface area contributed by atoms with Gasteiger partial charge in [0.15, 0.2) is 11.4 Å². The predicted molar refractivity (Wildman–Crippen MR) is 52.7 cm³/mol. The summed E-state index contributed by atoms with van der Waals surface area (Å²) in [7, 11) is 0. The van der Waals surface area contributed by atoms with Crippen molar-refractivity contribution in [1.29, 1.82) is 0 Å². The third kappa shape index (κ3) is 1.12. The predicted octanol–water partition coefficient (Wildman–Crippen LogP) is 3.68. The van der Waals surface area contributed by atoms with Crippen molar-refractivity contribution in [1.82, 2.24) is 0 Å². The van der Waals surface area contributed by atoms with E-state index in [2.05, 4.69) is 15.9 Å². The second-order valence-electron chi connectivity index (χ2n) is 2.14. The van der Waals surface area contributed by atoms with E-state index >= 15 is 0 Å². The zero-order valence-electron chi connectivity index (χ0n) is 5.64. The molecule has 1 nitrogen and oxygen atoms in total. The van der Waals surface area contributed by atoms with E-state index < -0.39 is 0 Å².